The van der Waals surface area contributed by atoms with Crippen LogP contribution >= 0.6 is 0 Å². The highest BCUT2D eigenvalue weighted by Crippen LogP contribution is 2.29. The Morgan fingerprint density at radius 2 is 1.71 bits per heavy atom. The zero-order chi connectivity index (χ0) is 21.6. The van der Waals surface area contributed by atoms with E-state index < -0.39 is 0 Å². The van der Waals surface area contributed by atoms with E-state index in [4.69, 9.17) is 9.47 Å². The predicted molar refractivity (Wildman–Crippen MR) is 116 cm³/mol. The number of benzene rings is 3. The van der Waals surface area contributed by atoms with Crippen molar-refractivity contribution in [2.45, 2.75) is 6.61 Å². The van der Waals surface area contributed by atoms with E-state index in [1.165, 1.54) is 12.1 Å². The summed E-state index contributed by atoms with van der Waals surface area (Å²) in [6.07, 6.45) is 0. The number of methoxy groups -OCH3 is 1. The van der Waals surface area contributed by atoms with Crippen LogP contribution in [0.1, 0.15) is 15.9 Å². The maximum Gasteiger partial charge on any atom is 0.260 e. The van der Waals surface area contributed by atoms with Crippen LogP contribution in [0.4, 0.5) is 10.2 Å². The topological polar surface area (TPSA) is 76.2 Å². The minimum absolute atomic E-state index is 0.213. The molecular formula is C24H20FN3O3. The van der Waals surface area contributed by atoms with Crippen LogP contribution in [0.25, 0.3) is 11.3 Å². The Morgan fingerprint density at radius 3 is 2.48 bits per heavy atom. The highest BCUT2D eigenvalue weighted by molar-refractivity contribution is 6.05. The fourth-order valence-electron chi connectivity index (χ4n) is 3.10. The molecule has 0 aliphatic rings. The van der Waals surface area contributed by atoms with Crippen LogP contribution in [0.2, 0.25) is 0 Å². The minimum atomic E-state index is -0.354. The first-order valence-electron chi connectivity index (χ1n) is 9.60. The van der Waals surface area contributed by atoms with Crippen molar-refractivity contribution in [1.29, 1.82) is 0 Å². The summed E-state index contributed by atoms with van der Waals surface area (Å²) in [6, 6.07) is 22.2. The Bertz CT molecular complexity index is 1190. The molecule has 1 heterocycles. The number of amides is 1. The Hall–Kier alpha value is -4.13. The average Bonchev–Trinajstić information content (AvgIpc) is 3.27. The predicted octanol–water partition coefficient (Wildman–Crippen LogP) is 5.06. The van der Waals surface area contributed by atoms with Gasteiger partial charge >= 0.3 is 0 Å². The van der Waals surface area contributed by atoms with Crippen molar-refractivity contribution >= 4 is 11.7 Å². The average molecular weight is 417 g/mol. The van der Waals surface area contributed by atoms with Crippen LogP contribution in [0.15, 0.2) is 78.9 Å². The van der Waals surface area contributed by atoms with E-state index in [9.17, 15) is 9.18 Å². The number of para-hydroxylation sites is 2. The maximum absolute atomic E-state index is 13.1. The van der Waals surface area contributed by atoms with Crippen LogP contribution in [0.3, 0.4) is 0 Å². The molecule has 0 radical (unpaired) electrons. The van der Waals surface area contributed by atoms with Gasteiger partial charge in [-0.1, -0.05) is 36.4 Å². The molecule has 4 aromatic rings. The summed E-state index contributed by atoms with van der Waals surface area (Å²) >= 11 is 0. The largest absolute Gasteiger partial charge is 0.496 e. The second-order valence-electron chi connectivity index (χ2n) is 6.73. The van der Waals surface area contributed by atoms with E-state index in [2.05, 4.69) is 15.5 Å². The lowest BCUT2D eigenvalue weighted by molar-refractivity contribution is 0.102. The number of ether oxygens (including phenoxy) is 2. The van der Waals surface area contributed by atoms with Crippen LogP contribution in [-0.4, -0.2) is 23.2 Å². The number of halogens is 1. The molecular weight excluding hydrogens is 397 g/mol. The van der Waals surface area contributed by atoms with Gasteiger partial charge in [0.25, 0.3) is 5.91 Å². The number of nitrogens with zero attached hydrogens (tertiary/aromatic N) is 1. The van der Waals surface area contributed by atoms with Crippen molar-refractivity contribution in [2.24, 2.45) is 0 Å². The molecule has 7 heteroatoms. The van der Waals surface area contributed by atoms with Gasteiger partial charge in [-0.25, -0.2) is 4.39 Å². The van der Waals surface area contributed by atoms with Gasteiger partial charge in [-0.05, 0) is 42.0 Å². The Labute approximate surface area is 178 Å². The number of H-pyrrole nitrogens is 1. The molecule has 31 heavy (non-hydrogen) atoms. The molecule has 156 valence electrons. The summed E-state index contributed by atoms with van der Waals surface area (Å²) in [4.78, 5) is 12.8. The summed E-state index contributed by atoms with van der Waals surface area (Å²) in [6.45, 7) is 0.213. The van der Waals surface area contributed by atoms with Crippen molar-refractivity contribution in [3.63, 3.8) is 0 Å². The van der Waals surface area contributed by atoms with Crippen molar-refractivity contribution < 1.29 is 18.7 Å². The molecule has 3 aromatic carbocycles. The minimum Gasteiger partial charge on any atom is -0.496 e. The fourth-order valence-corrected chi connectivity index (χ4v) is 3.10. The van der Waals surface area contributed by atoms with E-state index >= 15 is 0 Å². The summed E-state index contributed by atoms with van der Waals surface area (Å²) < 4.78 is 24.2. The number of anilines is 1. The summed E-state index contributed by atoms with van der Waals surface area (Å²) in [5, 5.41) is 9.87. The van der Waals surface area contributed by atoms with Gasteiger partial charge in [0, 0.05) is 11.6 Å². The van der Waals surface area contributed by atoms with E-state index in [1.807, 2.05) is 24.3 Å². The molecule has 0 aliphatic carbocycles. The van der Waals surface area contributed by atoms with Crippen LogP contribution < -0.4 is 14.8 Å². The van der Waals surface area contributed by atoms with Crippen LogP contribution in [-0.2, 0) is 6.61 Å². The molecule has 4 rings (SSSR count). The smallest absolute Gasteiger partial charge is 0.260 e. The number of aromatic amines is 1. The van der Waals surface area contributed by atoms with Gasteiger partial charge < -0.3 is 14.8 Å². The highest BCUT2D eigenvalue weighted by atomic mass is 19.1. The molecule has 0 unspecified atom stereocenters. The number of carbonyl (C=O) groups is 1. The third-order valence-corrected chi connectivity index (χ3v) is 4.66. The van der Waals surface area contributed by atoms with Gasteiger partial charge in [0.05, 0.1) is 18.4 Å². The molecule has 0 saturated heterocycles. The van der Waals surface area contributed by atoms with Gasteiger partial charge in [0.15, 0.2) is 5.82 Å². The standard InChI is InChI=1S/C24H20FN3O3/c1-30-21-8-4-2-6-18(21)20-14-23(28-27-20)26-24(29)19-7-3-5-9-22(19)31-15-16-10-12-17(25)13-11-16/h2-14H,15H2,1H3,(H2,26,27,28,29). The molecule has 6 nitrogen and oxygen atoms in total. The lowest BCUT2D eigenvalue weighted by Gasteiger charge is -2.11. The normalized spacial score (nSPS) is 10.5. The molecule has 0 spiro atoms. The van der Waals surface area contributed by atoms with E-state index in [0.717, 1.165) is 11.1 Å². The molecule has 0 saturated carbocycles. The zero-order valence-electron chi connectivity index (χ0n) is 16.8. The number of rotatable bonds is 7. The Balaban J connectivity index is 1.48. The number of carbonyl (C=O) groups excluding carboxylic acids is 1. The third kappa shape index (κ3) is 4.72. The van der Waals surface area contributed by atoms with Crippen molar-refractivity contribution in [3.8, 4) is 22.8 Å². The highest BCUT2D eigenvalue weighted by Gasteiger charge is 2.15. The number of nitrogens with one attached hydrogen (secondary N) is 2. The van der Waals surface area contributed by atoms with E-state index in [-0.39, 0.29) is 18.3 Å². The van der Waals surface area contributed by atoms with Crippen LogP contribution in [0.5, 0.6) is 11.5 Å². The molecule has 2 N–H and O–H groups in total. The third-order valence-electron chi connectivity index (χ3n) is 4.66. The molecule has 0 fully saturated rings. The Morgan fingerprint density at radius 1 is 1.00 bits per heavy atom. The van der Waals surface area contributed by atoms with E-state index in [1.54, 1.807) is 49.6 Å². The van der Waals surface area contributed by atoms with Gasteiger partial charge in [0.1, 0.15) is 23.9 Å². The second-order valence-corrected chi connectivity index (χ2v) is 6.73. The molecule has 1 aromatic heterocycles. The quantitative estimate of drug-likeness (QED) is 0.441. The van der Waals surface area contributed by atoms with Crippen molar-refractivity contribution in [1.82, 2.24) is 10.2 Å². The molecule has 1 amide bonds. The molecule has 0 bridgehead atoms. The van der Waals surface area contributed by atoms with Crippen molar-refractivity contribution in [3.05, 3.63) is 95.8 Å². The molecule has 0 aliphatic heterocycles. The molecule has 0 atom stereocenters. The SMILES string of the molecule is COc1ccccc1-c1cc(NC(=O)c2ccccc2OCc2ccc(F)cc2)n[nH]1. The first kappa shape index (κ1) is 20.2. The monoisotopic (exact) mass is 417 g/mol. The zero-order valence-corrected chi connectivity index (χ0v) is 16.8. The van der Waals surface area contributed by atoms with Gasteiger partial charge in [0.2, 0.25) is 0 Å². The van der Waals surface area contributed by atoms with Crippen molar-refractivity contribution in [2.75, 3.05) is 12.4 Å². The van der Waals surface area contributed by atoms with Crippen LogP contribution in [0, 0.1) is 5.82 Å². The number of hydrogen-bond acceptors (Lipinski definition) is 4. The lowest BCUT2D eigenvalue weighted by atomic mass is 10.1. The number of hydrogen-bond donors (Lipinski definition) is 2. The summed E-state index contributed by atoms with van der Waals surface area (Å²) in [5.41, 5.74) is 2.71. The summed E-state index contributed by atoms with van der Waals surface area (Å²) in [5.74, 6) is 0.829. The van der Waals surface area contributed by atoms with Gasteiger partial charge in [-0.3, -0.25) is 9.89 Å². The number of aromatic nitrogens is 2. The second kappa shape index (κ2) is 9.13. The van der Waals surface area contributed by atoms with Gasteiger partial charge in [-0.15, -0.1) is 0 Å². The maximum atomic E-state index is 13.1. The summed E-state index contributed by atoms with van der Waals surface area (Å²) in [7, 11) is 1.60. The first-order chi connectivity index (χ1) is 15.1. The lowest BCUT2D eigenvalue weighted by Crippen LogP contribution is -2.14. The van der Waals surface area contributed by atoms with E-state index in [0.29, 0.717) is 28.6 Å². The first-order valence-corrected chi connectivity index (χ1v) is 9.60. The Kier molecular flexibility index (Phi) is 5.93. The fraction of sp³-hybridized carbons (Fsp3) is 0.0833. The van der Waals surface area contributed by atoms with Gasteiger partial charge in [-0.2, -0.15) is 5.10 Å².